The van der Waals surface area contributed by atoms with Crippen molar-refractivity contribution in [3.05, 3.63) is 17.4 Å². The Morgan fingerprint density at radius 3 is 2.85 bits per heavy atom. The third-order valence-electron chi connectivity index (χ3n) is 2.18. The summed E-state index contributed by atoms with van der Waals surface area (Å²) in [7, 11) is 0. The van der Waals surface area contributed by atoms with Crippen LogP contribution < -0.4 is 0 Å². The highest BCUT2D eigenvalue weighted by Crippen LogP contribution is 2.08. The van der Waals surface area contributed by atoms with Gasteiger partial charge in [-0.15, -0.1) is 0 Å². The normalized spacial score (nSPS) is 18.9. The Morgan fingerprint density at radius 2 is 2.31 bits per heavy atom. The molecule has 72 valence electrons. The fraction of sp³-hybridized carbons (Fsp3) is 0.625. The second-order valence-electron chi connectivity index (χ2n) is 3.34. The molecule has 0 aromatic carbocycles. The summed E-state index contributed by atoms with van der Waals surface area (Å²) in [6.07, 6.45) is 3.31. The maximum atomic E-state index is 9.03. The van der Waals surface area contributed by atoms with Crippen molar-refractivity contribution in [3.63, 3.8) is 0 Å². The Labute approximate surface area is 81.7 Å². The Hall–Kier alpha value is -0.580. The van der Waals surface area contributed by atoms with E-state index < -0.39 is 0 Å². The van der Waals surface area contributed by atoms with E-state index in [0.717, 1.165) is 26.2 Å². The molecular weight excluding hydrogens is 190 g/mol. The number of β-amino-alcohol motifs (C(OH)–C–C–N with tert-alkyl or cyclic N) is 1. The van der Waals surface area contributed by atoms with Gasteiger partial charge in [-0.2, -0.15) is 5.10 Å². The van der Waals surface area contributed by atoms with Gasteiger partial charge in [-0.1, -0.05) is 11.6 Å². The van der Waals surface area contributed by atoms with Crippen LogP contribution in [-0.2, 0) is 6.54 Å². The lowest BCUT2D eigenvalue weighted by Gasteiger charge is -2.35. The average molecular weight is 202 g/mol. The number of likely N-dealkylation sites (tertiary alicyclic amines) is 1. The number of hydrogen-bond donors (Lipinski definition) is 1. The fourth-order valence-corrected chi connectivity index (χ4v) is 1.59. The molecule has 1 aromatic heterocycles. The quantitative estimate of drug-likeness (QED) is 0.761. The van der Waals surface area contributed by atoms with Crippen molar-refractivity contribution in [1.29, 1.82) is 0 Å². The van der Waals surface area contributed by atoms with Crippen LogP contribution in [0.2, 0.25) is 5.02 Å². The Morgan fingerprint density at radius 1 is 1.54 bits per heavy atom. The molecule has 0 aliphatic carbocycles. The van der Waals surface area contributed by atoms with Gasteiger partial charge in [0.25, 0.3) is 0 Å². The van der Waals surface area contributed by atoms with Gasteiger partial charge in [-0.3, -0.25) is 9.58 Å². The predicted molar refractivity (Wildman–Crippen MR) is 49.7 cm³/mol. The third kappa shape index (κ3) is 2.21. The highest BCUT2D eigenvalue weighted by molar-refractivity contribution is 6.30. The zero-order valence-electron chi connectivity index (χ0n) is 7.23. The minimum Gasteiger partial charge on any atom is -0.390 e. The molecule has 0 radical (unpaired) electrons. The van der Waals surface area contributed by atoms with Crippen molar-refractivity contribution in [2.45, 2.75) is 12.6 Å². The van der Waals surface area contributed by atoms with Gasteiger partial charge in [-0.25, -0.2) is 0 Å². The maximum Gasteiger partial charge on any atom is 0.0793 e. The summed E-state index contributed by atoms with van der Waals surface area (Å²) in [5.74, 6) is 0. The van der Waals surface area contributed by atoms with E-state index in [2.05, 4.69) is 10.00 Å². The molecule has 5 heteroatoms. The van der Waals surface area contributed by atoms with Crippen LogP contribution in [0.25, 0.3) is 0 Å². The summed E-state index contributed by atoms with van der Waals surface area (Å²) in [5, 5.41) is 13.8. The molecule has 4 nitrogen and oxygen atoms in total. The van der Waals surface area contributed by atoms with Crippen LogP contribution in [0.1, 0.15) is 0 Å². The Kier molecular flexibility index (Phi) is 2.53. The lowest BCUT2D eigenvalue weighted by Crippen LogP contribution is -2.51. The van der Waals surface area contributed by atoms with Crippen molar-refractivity contribution >= 4 is 11.6 Å². The molecule has 0 saturated carbocycles. The second kappa shape index (κ2) is 3.65. The van der Waals surface area contributed by atoms with Crippen LogP contribution in [0.4, 0.5) is 0 Å². The highest BCUT2D eigenvalue weighted by Gasteiger charge is 2.23. The topological polar surface area (TPSA) is 41.3 Å². The number of hydrogen-bond acceptors (Lipinski definition) is 3. The first-order valence-corrected chi connectivity index (χ1v) is 4.70. The largest absolute Gasteiger partial charge is 0.390 e. The molecule has 2 heterocycles. The summed E-state index contributed by atoms with van der Waals surface area (Å²) in [5.41, 5.74) is 0. The van der Waals surface area contributed by atoms with Crippen molar-refractivity contribution in [1.82, 2.24) is 14.7 Å². The first-order chi connectivity index (χ1) is 6.24. The molecule has 0 spiro atoms. The van der Waals surface area contributed by atoms with Gasteiger partial charge < -0.3 is 5.11 Å². The van der Waals surface area contributed by atoms with Crippen LogP contribution in [0.3, 0.4) is 0 Å². The lowest BCUT2D eigenvalue weighted by atomic mass is 10.2. The van der Waals surface area contributed by atoms with E-state index in [9.17, 15) is 0 Å². The van der Waals surface area contributed by atoms with Crippen LogP contribution in [0.15, 0.2) is 12.4 Å². The lowest BCUT2D eigenvalue weighted by molar-refractivity contribution is 0.0000443. The van der Waals surface area contributed by atoms with Crippen molar-refractivity contribution in [3.8, 4) is 0 Å². The monoisotopic (exact) mass is 201 g/mol. The fourth-order valence-electron chi connectivity index (χ4n) is 1.43. The van der Waals surface area contributed by atoms with Crippen molar-refractivity contribution in [2.75, 3.05) is 19.6 Å². The number of aliphatic hydroxyl groups excluding tert-OH is 1. The smallest absolute Gasteiger partial charge is 0.0793 e. The first-order valence-electron chi connectivity index (χ1n) is 4.32. The van der Waals surface area contributed by atoms with Gasteiger partial charge in [0.05, 0.1) is 23.9 Å². The van der Waals surface area contributed by atoms with Crippen LogP contribution in [0, 0.1) is 0 Å². The summed E-state index contributed by atoms with van der Waals surface area (Å²) >= 11 is 5.71. The Balaban J connectivity index is 1.74. The number of aliphatic hydroxyl groups is 1. The van der Waals surface area contributed by atoms with E-state index in [1.807, 2.05) is 4.68 Å². The summed E-state index contributed by atoms with van der Waals surface area (Å²) in [6, 6.07) is 0. The van der Waals surface area contributed by atoms with Gasteiger partial charge in [0, 0.05) is 25.8 Å². The van der Waals surface area contributed by atoms with Gasteiger partial charge in [0.1, 0.15) is 0 Å². The number of aromatic nitrogens is 2. The van der Waals surface area contributed by atoms with Crippen LogP contribution in [0.5, 0.6) is 0 Å². The molecular formula is C8H12ClN3O. The molecule has 2 rings (SSSR count). The summed E-state index contributed by atoms with van der Waals surface area (Å²) in [6.45, 7) is 3.33. The van der Waals surface area contributed by atoms with Crippen molar-refractivity contribution < 1.29 is 5.11 Å². The molecule has 13 heavy (non-hydrogen) atoms. The molecule has 1 aliphatic rings. The molecule has 1 saturated heterocycles. The molecule has 1 aromatic rings. The average Bonchev–Trinajstić information content (AvgIpc) is 2.43. The highest BCUT2D eigenvalue weighted by atomic mass is 35.5. The third-order valence-corrected chi connectivity index (χ3v) is 2.38. The Bertz CT molecular complexity index is 283. The molecule has 1 aliphatic heterocycles. The van der Waals surface area contributed by atoms with Crippen LogP contribution >= 0.6 is 11.6 Å². The van der Waals surface area contributed by atoms with Gasteiger partial charge >= 0.3 is 0 Å². The molecule has 1 N–H and O–H groups in total. The zero-order valence-corrected chi connectivity index (χ0v) is 7.98. The van der Waals surface area contributed by atoms with E-state index >= 15 is 0 Å². The van der Waals surface area contributed by atoms with Crippen molar-refractivity contribution in [2.24, 2.45) is 0 Å². The maximum absolute atomic E-state index is 9.03. The molecule has 0 bridgehead atoms. The first kappa shape index (κ1) is 8.99. The van der Waals surface area contributed by atoms with E-state index in [1.54, 1.807) is 12.4 Å². The molecule has 0 atom stereocenters. The SMILES string of the molecule is OC1CN(CCn2cc(Cl)cn2)C1. The van der Waals surface area contributed by atoms with E-state index in [-0.39, 0.29) is 6.10 Å². The molecule has 1 fully saturated rings. The number of nitrogens with zero attached hydrogens (tertiary/aromatic N) is 3. The number of halogens is 1. The van der Waals surface area contributed by atoms with Gasteiger partial charge in [-0.05, 0) is 0 Å². The van der Waals surface area contributed by atoms with Gasteiger partial charge in [0.2, 0.25) is 0 Å². The summed E-state index contributed by atoms with van der Waals surface area (Å²) in [4.78, 5) is 2.18. The number of rotatable bonds is 3. The molecule has 0 unspecified atom stereocenters. The van der Waals surface area contributed by atoms with E-state index in [0.29, 0.717) is 5.02 Å². The predicted octanol–water partition coefficient (Wildman–Crippen LogP) is 0.213. The minimum absolute atomic E-state index is 0.124. The van der Waals surface area contributed by atoms with Crippen LogP contribution in [-0.4, -0.2) is 45.5 Å². The summed E-state index contributed by atoms with van der Waals surface area (Å²) < 4.78 is 1.81. The molecule has 0 amide bonds. The van der Waals surface area contributed by atoms with E-state index in [1.165, 1.54) is 0 Å². The minimum atomic E-state index is -0.124. The second-order valence-corrected chi connectivity index (χ2v) is 3.77. The van der Waals surface area contributed by atoms with E-state index in [4.69, 9.17) is 16.7 Å². The standard InChI is InChI=1S/C8H12ClN3O/c9-7-3-10-12(4-7)2-1-11-5-8(13)6-11/h3-4,8,13H,1-2,5-6H2. The van der Waals surface area contributed by atoms with Gasteiger partial charge in [0.15, 0.2) is 0 Å². The zero-order chi connectivity index (χ0) is 9.26.